The highest BCUT2D eigenvalue weighted by molar-refractivity contribution is 6.30. The lowest BCUT2D eigenvalue weighted by molar-refractivity contribution is -0.118. The molecule has 1 aliphatic rings. The van der Waals surface area contributed by atoms with Crippen molar-refractivity contribution in [2.75, 3.05) is 11.9 Å². The molecule has 2 heterocycles. The van der Waals surface area contributed by atoms with E-state index in [4.69, 9.17) is 26.8 Å². The lowest BCUT2D eigenvalue weighted by Crippen LogP contribution is -2.23. The predicted molar refractivity (Wildman–Crippen MR) is 124 cm³/mol. The van der Waals surface area contributed by atoms with Crippen molar-refractivity contribution in [1.29, 1.82) is 5.26 Å². The number of fused-ring (bicyclic) bond motifs is 1. The number of nitrogens with two attached hydrogens (primary N) is 1. The zero-order valence-corrected chi connectivity index (χ0v) is 19.1. The number of nitriles is 1. The van der Waals surface area contributed by atoms with Crippen molar-refractivity contribution < 1.29 is 14.3 Å². The highest BCUT2D eigenvalue weighted by Crippen LogP contribution is 2.46. The summed E-state index contributed by atoms with van der Waals surface area (Å²) in [6.45, 7) is 5.51. The lowest BCUT2D eigenvalue weighted by atomic mass is 9.83. The van der Waals surface area contributed by atoms with Crippen molar-refractivity contribution in [3.05, 3.63) is 80.8 Å². The van der Waals surface area contributed by atoms with Gasteiger partial charge in [-0.15, -0.1) is 5.10 Å². The smallest absolute Gasteiger partial charge is 0.262 e. The quantitative estimate of drug-likeness (QED) is 0.520. The summed E-state index contributed by atoms with van der Waals surface area (Å²) in [6, 6.07) is 12.9. The highest BCUT2D eigenvalue weighted by atomic mass is 35.5. The van der Waals surface area contributed by atoms with Crippen LogP contribution < -0.4 is 20.5 Å². The molecule has 1 aromatic heterocycles. The second-order valence-corrected chi connectivity index (χ2v) is 8.27. The molecular weight excluding hydrogens is 442 g/mol. The third-order valence-corrected chi connectivity index (χ3v) is 5.66. The molecule has 0 fully saturated rings. The molecule has 0 saturated carbocycles. The van der Waals surface area contributed by atoms with Gasteiger partial charge in [0.2, 0.25) is 11.8 Å². The lowest BCUT2D eigenvalue weighted by Gasteiger charge is -2.25. The number of halogens is 1. The molecule has 1 amide bonds. The maximum absolute atomic E-state index is 12.6. The van der Waals surface area contributed by atoms with Crippen LogP contribution in [0.5, 0.6) is 11.6 Å². The molecule has 4 N–H and O–H groups in total. The molecule has 0 aliphatic carbocycles. The predicted octanol–water partition coefficient (Wildman–Crippen LogP) is 4.22. The average molecular weight is 464 g/mol. The van der Waals surface area contributed by atoms with Crippen LogP contribution in [0.1, 0.15) is 33.9 Å². The Hall–Kier alpha value is -3.96. The van der Waals surface area contributed by atoms with E-state index in [1.165, 1.54) is 0 Å². The maximum Gasteiger partial charge on any atom is 0.262 e. The molecule has 33 heavy (non-hydrogen) atoms. The van der Waals surface area contributed by atoms with E-state index in [0.717, 1.165) is 16.8 Å². The number of nitrogens with zero attached hydrogens (tertiary/aromatic N) is 2. The first kappa shape index (κ1) is 22.2. The number of nitrogens with one attached hydrogen (secondary N) is 2. The number of amides is 1. The van der Waals surface area contributed by atoms with Crippen molar-refractivity contribution in [2.24, 2.45) is 5.73 Å². The summed E-state index contributed by atoms with van der Waals surface area (Å²) in [4.78, 5) is 12.6. The van der Waals surface area contributed by atoms with Crippen molar-refractivity contribution in [2.45, 2.75) is 26.7 Å². The monoisotopic (exact) mass is 463 g/mol. The molecule has 9 heteroatoms. The largest absolute Gasteiger partial charge is 0.483 e. The van der Waals surface area contributed by atoms with Gasteiger partial charge >= 0.3 is 0 Å². The molecule has 8 nitrogen and oxygen atoms in total. The van der Waals surface area contributed by atoms with E-state index in [0.29, 0.717) is 27.6 Å². The molecule has 0 bridgehead atoms. The van der Waals surface area contributed by atoms with Gasteiger partial charge in [-0.2, -0.15) is 5.26 Å². The minimum Gasteiger partial charge on any atom is -0.483 e. The zero-order valence-electron chi connectivity index (χ0n) is 18.3. The Bertz CT molecular complexity index is 1320. The molecule has 1 atom stereocenters. The first-order valence-electron chi connectivity index (χ1n) is 10.2. The first-order valence-corrected chi connectivity index (χ1v) is 10.6. The van der Waals surface area contributed by atoms with Gasteiger partial charge in [0, 0.05) is 27.5 Å². The molecule has 1 aliphatic heterocycles. The van der Waals surface area contributed by atoms with Crippen LogP contribution in [0, 0.1) is 32.1 Å². The SMILES string of the molecule is Cc1ccc(NC(=O)COc2ccc(Cl)cc2C2C(C#N)=C(N)Oc3n[nH]c(C)c32)c(C)c1. The third-order valence-electron chi connectivity index (χ3n) is 5.43. The average Bonchev–Trinajstić information content (AvgIpc) is 3.13. The minimum absolute atomic E-state index is 0.0417. The van der Waals surface area contributed by atoms with Crippen LogP contribution in [-0.2, 0) is 4.79 Å². The normalized spacial score (nSPS) is 14.8. The molecule has 4 rings (SSSR count). The molecule has 168 valence electrons. The number of carbonyl (C=O) groups excluding carboxylic acids is 1. The topological polar surface area (TPSA) is 126 Å². The van der Waals surface area contributed by atoms with Crippen molar-refractivity contribution in [1.82, 2.24) is 10.2 Å². The Balaban J connectivity index is 1.64. The highest BCUT2D eigenvalue weighted by Gasteiger charge is 2.36. The minimum atomic E-state index is -0.617. The first-order chi connectivity index (χ1) is 15.8. The van der Waals surface area contributed by atoms with Gasteiger partial charge in [-0.3, -0.25) is 9.89 Å². The number of allylic oxidation sites excluding steroid dienone is 1. The van der Waals surface area contributed by atoms with Crippen molar-refractivity contribution in [3.8, 4) is 17.7 Å². The molecule has 3 aromatic rings. The number of benzene rings is 2. The Kier molecular flexibility index (Phi) is 5.99. The van der Waals surface area contributed by atoms with Gasteiger partial charge in [0.1, 0.15) is 17.4 Å². The van der Waals surface area contributed by atoms with E-state index < -0.39 is 5.92 Å². The van der Waals surface area contributed by atoms with Crippen LogP contribution in [0.2, 0.25) is 5.02 Å². The standard InChI is InChI=1S/C24H22ClN5O3/c1-12-4-6-18(13(2)8-12)28-20(31)11-32-19-7-5-15(25)9-16(19)22-17(10-26)23(27)33-24-21(22)14(3)29-30-24/h4-9,22H,11,27H2,1-3H3,(H,28,31)(H,29,30). The van der Waals surface area contributed by atoms with Gasteiger partial charge in [-0.1, -0.05) is 29.3 Å². The number of carbonyl (C=O) groups is 1. The number of H-pyrrole nitrogens is 1. The van der Waals surface area contributed by atoms with Crippen LogP contribution in [-0.4, -0.2) is 22.7 Å². The second kappa shape index (κ2) is 8.88. The molecular formula is C24H22ClN5O3. The van der Waals surface area contributed by atoms with E-state index in [-0.39, 0.29) is 29.9 Å². The van der Waals surface area contributed by atoms with E-state index in [2.05, 4.69) is 21.6 Å². The molecule has 0 spiro atoms. The van der Waals surface area contributed by atoms with Crippen LogP contribution in [0.15, 0.2) is 47.9 Å². The van der Waals surface area contributed by atoms with E-state index in [1.807, 2.05) is 39.0 Å². The summed E-state index contributed by atoms with van der Waals surface area (Å²) in [5.74, 6) is -0.291. The number of aryl methyl sites for hydroxylation is 3. The van der Waals surface area contributed by atoms with Crippen LogP contribution in [0.4, 0.5) is 5.69 Å². The third kappa shape index (κ3) is 4.36. The zero-order chi connectivity index (χ0) is 23.7. The van der Waals surface area contributed by atoms with Gasteiger partial charge < -0.3 is 20.5 Å². The number of anilines is 1. The van der Waals surface area contributed by atoms with Gasteiger partial charge in [-0.25, -0.2) is 0 Å². The van der Waals surface area contributed by atoms with Crippen LogP contribution in [0.3, 0.4) is 0 Å². The fourth-order valence-corrected chi connectivity index (χ4v) is 4.05. The van der Waals surface area contributed by atoms with Gasteiger partial charge in [0.15, 0.2) is 6.61 Å². The second-order valence-electron chi connectivity index (χ2n) is 7.83. The maximum atomic E-state index is 12.6. The fraction of sp³-hybridized carbons (Fsp3) is 0.208. The summed E-state index contributed by atoms with van der Waals surface area (Å²) in [7, 11) is 0. The van der Waals surface area contributed by atoms with Crippen molar-refractivity contribution >= 4 is 23.2 Å². The van der Waals surface area contributed by atoms with E-state index in [1.54, 1.807) is 18.2 Å². The van der Waals surface area contributed by atoms with E-state index >= 15 is 0 Å². The summed E-state index contributed by atoms with van der Waals surface area (Å²) < 4.78 is 11.4. The van der Waals surface area contributed by atoms with Gasteiger partial charge in [0.25, 0.3) is 5.91 Å². The number of hydrogen-bond acceptors (Lipinski definition) is 6. The van der Waals surface area contributed by atoms with Crippen LogP contribution in [0.25, 0.3) is 0 Å². The van der Waals surface area contributed by atoms with E-state index in [9.17, 15) is 10.1 Å². The Labute approximate surface area is 196 Å². The Morgan fingerprint density at radius 2 is 2.09 bits per heavy atom. The number of hydrogen-bond donors (Lipinski definition) is 3. The Morgan fingerprint density at radius 3 is 2.82 bits per heavy atom. The molecule has 2 aromatic carbocycles. The van der Waals surface area contributed by atoms with Crippen molar-refractivity contribution in [3.63, 3.8) is 0 Å². The summed E-state index contributed by atoms with van der Waals surface area (Å²) in [5.41, 5.74) is 11.0. The van der Waals surface area contributed by atoms with Crippen LogP contribution >= 0.6 is 11.6 Å². The summed E-state index contributed by atoms with van der Waals surface area (Å²) in [5, 5.41) is 20.1. The molecule has 0 radical (unpaired) electrons. The Morgan fingerprint density at radius 1 is 1.30 bits per heavy atom. The fourth-order valence-electron chi connectivity index (χ4n) is 3.87. The number of ether oxygens (including phenoxy) is 2. The molecule has 0 saturated heterocycles. The molecule has 1 unspecified atom stereocenters. The number of aromatic nitrogens is 2. The summed E-state index contributed by atoms with van der Waals surface area (Å²) in [6.07, 6.45) is 0. The summed E-state index contributed by atoms with van der Waals surface area (Å²) >= 11 is 6.28. The number of rotatable bonds is 5. The van der Waals surface area contributed by atoms with Gasteiger partial charge in [0.05, 0.1) is 5.92 Å². The van der Waals surface area contributed by atoms with Gasteiger partial charge in [-0.05, 0) is 50.6 Å². The number of aromatic amines is 1.